The van der Waals surface area contributed by atoms with Crippen molar-refractivity contribution in [2.75, 3.05) is 0 Å². The summed E-state index contributed by atoms with van der Waals surface area (Å²) in [4.78, 5) is 29.8. The Kier molecular flexibility index (Phi) is 6.40. The lowest BCUT2D eigenvalue weighted by Gasteiger charge is -2.24. The number of aromatic nitrogens is 2. The number of halogens is 1. The van der Waals surface area contributed by atoms with E-state index in [1.807, 2.05) is 50.3 Å². The molecule has 1 unspecified atom stereocenters. The van der Waals surface area contributed by atoms with Crippen molar-refractivity contribution >= 4 is 5.57 Å². The van der Waals surface area contributed by atoms with Gasteiger partial charge in [0, 0.05) is 35.2 Å². The lowest BCUT2D eigenvalue weighted by atomic mass is 9.82. The number of allylic oxidation sites excluding steroid dienone is 2. The Balaban J connectivity index is 1.59. The first kappa shape index (κ1) is 21.8. The van der Waals surface area contributed by atoms with Crippen molar-refractivity contribution in [3.8, 4) is 5.75 Å². The average molecular weight is 435 g/mol. The number of benzene rings is 2. The lowest BCUT2D eigenvalue weighted by molar-refractivity contribution is 0.241. The van der Waals surface area contributed by atoms with Crippen LogP contribution in [0.15, 0.2) is 64.2 Å². The van der Waals surface area contributed by atoms with E-state index in [-0.39, 0.29) is 23.4 Å². The Labute approximate surface area is 186 Å². The van der Waals surface area contributed by atoms with E-state index in [9.17, 15) is 14.0 Å². The second kappa shape index (κ2) is 9.39. The van der Waals surface area contributed by atoms with Crippen molar-refractivity contribution in [2.45, 2.75) is 51.6 Å². The number of hydrogen-bond acceptors (Lipinski definition) is 3. The SMILES string of the molecule is CC(C)Oc1ccc(C2=CCC(c3[nH]c(=O)[nH]c(=O)c3Cc3ccccc3)CC2)c(F)c1. The summed E-state index contributed by atoms with van der Waals surface area (Å²) in [7, 11) is 0. The van der Waals surface area contributed by atoms with Crippen LogP contribution in [0.2, 0.25) is 0 Å². The summed E-state index contributed by atoms with van der Waals surface area (Å²) in [5, 5.41) is 0. The Morgan fingerprint density at radius 2 is 1.88 bits per heavy atom. The molecule has 0 radical (unpaired) electrons. The number of nitrogens with one attached hydrogen (secondary N) is 2. The van der Waals surface area contributed by atoms with Crippen LogP contribution in [0.3, 0.4) is 0 Å². The molecular weight excluding hydrogens is 407 g/mol. The Morgan fingerprint density at radius 3 is 2.53 bits per heavy atom. The number of aromatic amines is 2. The topological polar surface area (TPSA) is 75.0 Å². The second-order valence-electron chi connectivity index (χ2n) is 8.47. The van der Waals surface area contributed by atoms with E-state index < -0.39 is 5.69 Å². The predicted octanol–water partition coefficient (Wildman–Crippen LogP) is 4.93. The van der Waals surface area contributed by atoms with Gasteiger partial charge in [0.15, 0.2) is 0 Å². The summed E-state index contributed by atoms with van der Waals surface area (Å²) in [6.45, 7) is 3.81. The first-order chi connectivity index (χ1) is 15.4. The van der Waals surface area contributed by atoms with Gasteiger partial charge in [-0.2, -0.15) is 0 Å². The van der Waals surface area contributed by atoms with Gasteiger partial charge in [-0.3, -0.25) is 9.78 Å². The molecule has 0 saturated carbocycles. The largest absolute Gasteiger partial charge is 0.491 e. The third-order valence-corrected chi connectivity index (χ3v) is 5.78. The van der Waals surface area contributed by atoms with Crippen molar-refractivity contribution in [1.29, 1.82) is 0 Å². The van der Waals surface area contributed by atoms with Crippen molar-refractivity contribution in [2.24, 2.45) is 0 Å². The second-order valence-corrected chi connectivity index (χ2v) is 8.47. The molecular formula is C26H27FN2O3. The van der Waals surface area contributed by atoms with E-state index in [4.69, 9.17) is 4.74 Å². The normalized spacial score (nSPS) is 16.1. The van der Waals surface area contributed by atoms with Gasteiger partial charge < -0.3 is 9.72 Å². The molecule has 2 aromatic carbocycles. The third-order valence-electron chi connectivity index (χ3n) is 5.78. The smallest absolute Gasteiger partial charge is 0.325 e. The first-order valence-corrected chi connectivity index (χ1v) is 11.0. The molecule has 1 aromatic heterocycles. The molecule has 0 fully saturated rings. The summed E-state index contributed by atoms with van der Waals surface area (Å²) in [5.41, 5.74) is 2.93. The van der Waals surface area contributed by atoms with Crippen LogP contribution >= 0.6 is 0 Å². The predicted molar refractivity (Wildman–Crippen MR) is 124 cm³/mol. The lowest BCUT2D eigenvalue weighted by Crippen LogP contribution is -2.30. The van der Waals surface area contributed by atoms with Gasteiger partial charge in [0.2, 0.25) is 0 Å². The van der Waals surface area contributed by atoms with Gasteiger partial charge in [-0.05, 0) is 56.4 Å². The minimum atomic E-state index is -0.497. The molecule has 0 amide bonds. The summed E-state index contributed by atoms with van der Waals surface area (Å²) < 4.78 is 20.3. The summed E-state index contributed by atoms with van der Waals surface area (Å²) >= 11 is 0. The molecule has 0 bridgehead atoms. The van der Waals surface area contributed by atoms with Gasteiger partial charge in [-0.25, -0.2) is 9.18 Å². The zero-order chi connectivity index (χ0) is 22.7. The minimum absolute atomic E-state index is 0.000860. The van der Waals surface area contributed by atoms with E-state index in [1.165, 1.54) is 6.07 Å². The summed E-state index contributed by atoms with van der Waals surface area (Å²) in [6, 6.07) is 14.7. The molecule has 6 heteroatoms. The summed E-state index contributed by atoms with van der Waals surface area (Å²) in [5.74, 6) is 0.212. The van der Waals surface area contributed by atoms with Crippen molar-refractivity contribution in [3.63, 3.8) is 0 Å². The zero-order valence-corrected chi connectivity index (χ0v) is 18.3. The van der Waals surface area contributed by atoms with E-state index >= 15 is 0 Å². The molecule has 5 nitrogen and oxygen atoms in total. The van der Waals surface area contributed by atoms with Gasteiger partial charge >= 0.3 is 5.69 Å². The highest BCUT2D eigenvalue weighted by Gasteiger charge is 2.23. The zero-order valence-electron chi connectivity index (χ0n) is 18.3. The fourth-order valence-electron chi connectivity index (χ4n) is 4.30. The molecule has 4 rings (SSSR count). The van der Waals surface area contributed by atoms with E-state index in [0.717, 1.165) is 17.6 Å². The molecule has 1 aliphatic rings. The molecule has 166 valence electrons. The van der Waals surface area contributed by atoms with Crippen LogP contribution in [-0.2, 0) is 6.42 Å². The number of rotatable bonds is 6. The number of hydrogen-bond donors (Lipinski definition) is 2. The van der Waals surface area contributed by atoms with Crippen LogP contribution in [0, 0.1) is 5.82 Å². The molecule has 1 atom stereocenters. The maximum absolute atomic E-state index is 14.7. The third kappa shape index (κ3) is 4.90. The quantitative estimate of drug-likeness (QED) is 0.578. The van der Waals surface area contributed by atoms with Crippen LogP contribution in [-0.4, -0.2) is 16.1 Å². The van der Waals surface area contributed by atoms with Gasteiger partial charge in [-0.15, -0.1) is 0 Å². The number of H-pyrrole nitrogens is 2. The fraction of sp³-hybridized carbons (Fsp3) is 0.308. The summed E-state index contributed by atoms with van der Waals surface area (Å²) in [6.07, 6.45) is 4.45. The van der Waals surface area contributed by atoms with Crippen molar-refractivity contribution in [1.82, 2.24) is 9.97 Å². The average Bonchev–Trinajstić information content (AvgIpc) is 2.76. The van der Waals surface area contributed by atoms with Crippen LogP contribution in [0.4, 0.5) is 4.39 Å². The Morgan fingerprint density at radius 1 is 1.09 bits per heavy atom. The standard InChI is InChI=1S/C26H27FN2O3/c1-16(2)32-20-12-13-21(23(27)15-20)18-8-10-19(11-9-18)24-22(25(30)29-26(31)28-24)14-17-6-4-3-5-7-17/h3-8,12-13,15-16,19H,9-11,14H2,1-2H3,(H2,28,29,30,31). The minimum Gasteiger partial charge on any atom is -0.491 e. The molecule has 1 heterocycles. The van der Waals surface area contributed by atoms with Gasteiger partial charge in [0.25, 0.3) is 5.56 Å². The van der Waals surface area contributed by atoms with Crippen LogP contribution in [0.5, 0.6) is 5.75 Å². The van der Waals surface area contributed by atoms with Gasteiger partial charge in [-0.1, -0.05) is 36.4 Å². The molecule has 1 aliphatic carbocycles. The van der Waals surface area contributed by atoms with E-state index in [1.54, 1.807) is 12.1 Å². The maximum atomic E-state index is 14.7. The number of ether oxygens (including phenoxy) is 1. The van der Waals surface area contributed by atoms with Crippen LogP contribution < -0.4 is 16.0 Å². The van der Waals surface area contributed by atoms with Crippen LogP contribution in [0.25, 0.3) is 5.57 Å². The molecule has 0 saturated heterocycles. The maximum Gasteiger partial charge on any atom is 0.325 e. The van der Waals surface area contributed by atoms with E-state index in [0.29, 0.717) is 41.8 Å². The Hall–Kier alpha value is -3.41. The van der Waals surface area contributed by atoms with Crippen molar-refractivity contribution < 1.29 is 9.13 Å². The van der Waals surface area contributed by atoms with Crippen molar-refractivity contribution in [3.05, 3.63) is 104 Å². The van der Waals surface area contributed by atoms with Gasteiger partial charge in [0.05, 0.1) is 6.10 Å². The molecule has 2 N–H and O–H groups in total. The molecule has 0 spiro atoms. The molecule has 3 aromatic rings. The molecule has 32 heavy (non-hydrogen) atoms. The highest BCUT2D eigenvalue weighted by atomic mass is 19.1. The monoisotopic (exact) mass is 434 g/mol. The first-order valence-electron chi connectivity index (χ1n) is 11.0. The van der Waals surface area contributed by atoms with E-state index in [2.05, 4.69) is 9.97 Å². The van der Waals surface area contributed by atoms with Gasteiger partial charge in [0.1, 0.15) is 11.6 Å². The highest BCUT2D eigenvalue weighted by molar-refractivity contribution is 5.67. The van der Waals surface area contributed by atoms with Crippen LogP contribution in [0.1, 0.15) is 61.4 Å². The fourth-order valence-corrected chi connectivity index (χ4v) is 4.30. The Bertz CT molecular complexity index is 1240. The highest BCUT2D eigenvalue weighted by Crippen LogP contribution is 2.37. The molecule has 0 aliphatic heterocycles.